The fraction of sp³-hybridized carbons (Fsp3) is 0.294. The van der Waals surface area contributed by atoms with E-state index in [1.54, 1.807) is 12.1 Å². The molecular weight excluding hydrogens is 296 g/mol. The fourth-order valence-electron chi connectivity index (χ4n) is 2.28. The van der Waals surface area contributed by atoms with E-state index >= 15 is 0 Å². The van der Waals surface area contributed by atoms with Crippen molar-refractivity contribution >= 4 is 39.7 Å². The summed E-state index contributed by atoms with van der Waals surface area (Å²) in [5.74, 6) is 0.143. The molecule has 0 spiro atoms. The number of hydrogen-bond acceptors (Lipinski definition) is 3. The molecule has 0 aromatic heterocycles. The maximum absolute atomic E-state index is 11.8. The molecule has 5 heteroatoms. The Morgan fingerprint density at radius 1 is 1.14 bits per heavy atom. The van der Waals surface area contributed by atoms with Crippen LogP contribution in [0.1, 0.15) is 32.6 Å². The van der Waals surface area contributed by atoms with Crippen LogP contribution in [-0.2, 0) is 4.79 Å². The topological polar surface area (TPSA) is 61.4 Å². The Balaban J connectivity index is 2.03. The molecule has 0 unspecified atom stereocenters. The van der Waals surface area contributed by atoms with Gasteiger partial charge < -0.3 is 15.7 Å². The number of rotatable bonds is 5. The Morgan fingerprint density at radius 2 is 1.86 bits per heavy atom. The van der Waals surface area contributed by atoms with Crippen LogP contribution in [0.5, 0.6) is 5.75 Å². The van der Waals surface area contributed by atoms with Gasteiger partial charge in [0.15, 0.2) is 5.11 Å². The molecule has 4 nitrogen and oxygen atoms in total. The Kier molecular flexibility index (Phi) is 5.72. The van der Waals surface area contributed by atoms with Crippen molar-refractivity contribution in [1.29, 1.82) is 0 Å². The third kappa shape index (κ3) is 4.18. The van der Waals surface area contributed by atoms with Crippen molar-refractivity contribution in [3.05, 3.63) is 36.4 Å². The van der Waals surface area contributed by atoms with Gasteiger partial charge in [0.1, 0.15) is 5.75 Å². The van der Waals surface area contributed by atoms with Crippen LogP contribution in [0.3, 0.4) is 0 Å². The van der Waals surface area contributed by atoms with E-state index in [9.17, 15) is 9.90 Å². The fourth-order valence-corrected chi connectivity index (χ4v) is 2.50. The van der Waals surface area contributed by atoms with Crippen LogP contribution in [0.15, 0.2) is 36.4 Å². The lowest BCUT2D eigenvalue weighted by molar-refractivity contribution is -0.119. The molecule has 22 heavy (non-hydrogen) atoms. The van der Waals surface area contributed by atoms with Gasteiger partial charge in [0.2, 0.25) is 5.91 Å². The summed E-state index contributed by atoms with van der Waals surface area (Å²) < 4.78 is 0. The lowest BCUT2D eigenvalue weighted by Crippen LogP contribution is -2.33. The average Bonchev–Trinajstić information content (AvgIpc) is 2.48. The second kappa shape index (κ2) is 7.75. The maximum Gasteiger partial charge on any atom is 0.226 e. The minimum absolute atomic E-state index is 0.0750. The highest BCUT2D eigenvalue weighted by Crippen LogP contribution is 2.29. The second-order valence-electron chi connectivity index (χ2n) is 5.14. The lowest BCUT2D eigenvalue weighted by Gasteiger charge is -2.12. The number of fused-ring (bicyclic) bond motifs is 1. The largest absolute Gasteiger partial charge is 0.507 e. The molecular formula is C17H20N2O2S. The van der Waals surface area contributed by atoms with E-state index in [0.717, 1.165) is 35.7 Å². The number of thiocarbonyl (C=S) groups is 1. The van der Waals surface area contributed by atoms with Crippen LogP contribution in [-0.4, -0.2) is 16.1 Å². The molecule has 0 aliphatic heterocycles. The summed E-state index contributed by atoms with van der Waals surface area (Å²) in [6.45, 7) is 2.10. The number of benzene rings is 2. The Bertz CT molecular complexity index is 685. The minimum atomic E-state index is -0.0750. The predicted molar refractivity (Wildman–Crippen MR) is 94.1 cm³/mol. The summed E-state index contributed by atoms with van der Waals surface area (Å²) in [7, 11) is 0. The molecule has 1 amide bonds. The van der Waals surface area contributed by atoms with Crippen LogP contribution in [0.25, 0.3) is 10.8 Å². The van der Waals surface area contributed by atoms with E-state index in [4.69, 9.17) is 12.2 Å². The van der Waals surface area contributed by atoms with Crippen LogP contribution < -0.4 is 10.6 Å². The van der Waals surface area contributed by atoms with Gasteiger partial charge in [-0.15, -0.1) is 0 Å². The molecule has 3 N–H and O–H groups in total. The van der Waals surface area contributed by atoms with Gasteiger partial charge in [-0.2, -0.15) is 0 Å². The molecule has 0 saturated heterocycles. The summed E-state index contributed by atoms with van der Waals surface area (Å²) >= 11 is 5.18. The number of phenolic OH excluding ortho intramolecular Hbond substituents is 1. The highest BCUT2D eigenvalue weighted by molar-refractivity contribution is 7.80. The zero-order chi connectivity index (χ0) is 15.9. The number of phenols is 1. The zero-order valence-electron chi connectivity index (χ0n) is 12.6. The first-order chi connectivity index (χ1) is 10.6. The lowest BCUT2D eigenvalue weighted by atomic mass is 10.1. The smallest absolute Gasteiger partial charge is 0.226 e. The van der Waals surface area contributed by atoms with E-state index < -0.39 is 0 Å². The molecule has 0 aliphatic rings. The predicted octanol–water partition coefficient (Wildman–Crippen LogP) is 3.94. The van der Waals surface area contributed by atoms with Gasteiger partial charge in [0, 0.05) is 22.9 Å². The molecule has 2 aromatic rings. The normalized spacial score (nSPS) is 10.4. The van der Waals surface area contributed by atoms with E-state index in [2.05, 4.69) is 17.6 Å². The van der Waals surface area contributed by atoms with Gasteiger partial charge in [-0.3, -0.25) is 4.79 Å². The zero-order valence-corrected chi connectivity index (χ0v) is 13.4. The van der Waals surface area contributed by atoms with E-state index in [-0.39, 0.29) is 16.8 Å². The molecule has 0 bridgehead atoms. The van der Waals surface area contributed by atoms with Crippen molar-refractivity contribution in [3.63, 3.8) is 0 Å². The molecule has 2 aromatic carbocycles. The number of carbonyl (C=O) groups excluding carboxylic acids is 1. The summed E-state index contributed by atoms with van der Waals surface area (Å²) in [6.07, 6.45) is 3.46. The number of unbranched alkanes of at least 4 members (excludes halogenated alkanes) is 2. The summed E-state index contributed by atoms with van der Waals surface area (Å²) in [5.41, 5.74) is 0.757. The van der Waals surface area contributed by atoms with Crippen LogP contribution in [0.4, 0.5) is 5.69 Å². The molecule has 2 rings (SSSR count). The first-order valence-corrected chi connectivity index (χ1v) is 7.84. The van der Waals surface area contributed by atoms with Crippen molar-refractivity contribution in [2.75, 3.05) is 5.32 Å². The highest BCUT2D eigenvalue weighted by Gasteiger charge is 2.08. The van der Waals surface area contributed by atoms with E-state index in [1.807, 2.05) is 24.3 Å². The summed E-state index contributed by atoms with van der Waals surface area (Å²) in [6, 6.07) is 10.8. The Morgan fingerprint density at radius 3 is 2.64 bits per heavy atom. The number of anilines is 1. The van der Waals surface area contributed by atoms with Gasteiger partial charge in [-0.1, -0.05) is 44.0 Å². The summed E-state index contributed by atoms with van der Waals surface area (Å²) in [5, 5.41) is 17.4. The van der Waals surface area contributed by atoms with Crippen molar-refractivity contribution in [2.45, 2.75) is 32.6 Å². The van der Waals surface area contributed by atoms with Crippen molar-refractivity contribution in [1.82, 2.24) is 5.32 Å². The van der Waals surface area contributed by atoms with E-state index in [0.29, 0.717) is 6.42 Å². The molecule has 0 radical (unpaired) electrons. The Hall–Kier alpha value is -2.14. The SMILES string of the molecule is CCCCCC(=O)NC(=S)Nc1cccc2c(O)cccc12. The standard InChI is InChI=1S/C17H20N2O2S/c1-2-3-4-11-16(21)19-17(22)18-14-9-5-8-13-12(14)7-6-10-15(13)20/h5-10,20H,2-4,11H2,1H3,(H2,18,19,21,22). The van der Waals surface area contributed by atoms with Crippen molar-refractivity contribution in [3.8, 4) is 5.75 Å². The Labute approximate surface area is 135 Å². The van der Waals surface area contributed by atoms with Crippen LogP contribution in [0.2, 0.25) is 0 Å². The number of carbonyl (C=O) groups is 1. The third-order valence-electron chi connectivity index (χ3n) is 3.41. The van der Waals surface area contributed by atoms with Gasteiger partial charge in [0.25, 0.3) is 0 Å². The molecule has 0 aliphatic carbocycles. The van der Waals surface area contributed by atoms with Gasteiger partial charge >= 0.3 is 0 Å². The monoisotopic (exact) mass is 316 g/mol. The minimum Gasteiger partial charge on any atom is -0.507 e. The van der Waals surface area contributed by atoms with Crippen LogP contribution >= 0.6 is 12.2 Å². The number of hydrogen-bond donors (Lipinski definition) is 3. The van der Waals surface area contributed by atoms with Gasteiger partial charge in [-0.25, -0.2) is 0 Å². The number of amides is 1. The summed E-state index contributed by atoms with van der Waals surface area (Å²) in [4.78, 5) is 11.8. The van der Waals surface area contributed by atoms with Crippen molar-refractivity contribution in [2.24, 2.45) is 0 Å². The molecule has 0 saturated carbocycles. The third-order valence-corrected chi connectivity index (χ3v) is 3.61. The quantitative estimate of drug-likeness (QED) is 0.577. The first kappa shape index (κ1) is 16.2. The van der Waals surface area contributed by atoms with Gasteiger partial charge in [-0.05, 0) is 30.8 Å². The van der Waals surface area contributed by atoms with Gasteiger partial charge in [0.05, 0.1) is 0 Å². The molecule has 0 atom stereocenters. The average molecular weight is 316 g/mol. The van der Waals surface area contributed by atoms with Crippen molar-refractivity contribution < 1.29 is 9.90 Å². The maximum atomic E-state index is 11.8. The second-order valence-corrected chi connectivity index (χ2v) is 5.55. The first-order valence-electron chi connectivity index (χ1n) is 7.43. The van der Waals surface area contributed by atoms with E-state index in [1.165, 1.54) is 0 Å². The molecule has 116 valence electrons. The number of aromatic hydroxyl groups is 1. The molecule has 0 fully saturated rings. The highest BCUT2D eigenvalue weighted by atomic mass is 32.1. The number of nitrogens with one attached hydrogen (secondary N) is 2. The van der Waals surface area contributed by atoms with Crippen LogP contribution in [0, 0.1) is 0 Å². The molecule has 0 heterocycles.